The van der Waals surface area contributed by atoms with Gasteiger partial charge in [-0.2, -0.15) is 0 Å². The van der Waals surface area contributed by atoms with E-state index in [2.05, 4.69) is 0 Å². The predicted octanol–water partition coefficient (Wildman–Crippen LogP) is 1.19. The van der Waals surface area contributed by atoms with E-state index in [1.54, 1.807) is 0 Å². The van der Waals surface area contributed by atoms with Crippen molar-refractivity contribution in [2.75, 3.05) is 13.1 Å². The Labute approximate surface area is 73.4 Å². The lowest BCUT2D eigenvalue weighted by Gasteiger charge is -2.41. The SMILES string of the molecule is CC(C)(C)N1C[C@@H](O)C[C@@H](F)C1. The molecule has 0 spiro atoms. The van der Waals surface area contributed by atoms with Crippen molar-refractivity contribution in [2.24, 2.45) is 0 Å². The van der Waals surface area contributed by atoms with E-state index in [-0.39, 0.29) is 5.54 Å². The Kier molecular flexibility index (Phi) is 2.74. The van der Waals surface area contributed by atoms with Gasteiger partial charge in [0, 0.05) is 25.0 Å². The van der Waals surface area contributed by atoms with Crippen LogP contribution in [0.3, 0.4) is 0 Å². The van der Waals surface area contributed by atoms with Crippen LogP contribution in [0.25, 0.3) is 0 Å². The molecule has 1 fully saturated rings. The number of piperidine rings is 1. The third-order valence-corrected chi connectivity index (χ3v) is 2.33. The molecule has 0 aliphatic carbocycles. The first-order valence-electron chi connectivity index (χ1n) is 4.47. The summed E-state index contributed by atoms with van der Waals surface area (Å²) in [6.07, 6.45) is -1.06. The molecule has 1 aliphatic heterocycles. The highest BCUT2D eigenvalue weighted by atomic mass is 19.1. The lowest BCUT2D eigenvalue weighted by atomic mass is 9.99. The molecule has 1 aliphatic rings. The Morgan fingerprint density at radius 1 is 1.33 bits per heavy atom. The van der Waals surface area contributed by atoms with E-state index >= 15 is 0 Å². The van der Waals surface area contributed by atoms with Gasteiger partial charge >= 0.3 is 0 Å². The van der Waals surface area contributed by atoms with Crippen LogP contribution in [0.5, 0.6) is 0 Å². The lowest BCUT2D eigenvalue weighted by molar-refractivity contribution is -0.0143. The molecule has 1 rings (SSSR count). The Balaban J connectivity index is 2.55. The minimum atomic E-state index is -0.868. The monoisotopic (exact) mass is 175 g/mol. The van der Waals surface area contributed by atoms with Crippen molar-refractivity contribution in [3.8, 4) is 0 Å². The second-order valence-electron chi connectivity index (χ2n) is 4.56. The summed E-state index contributed by atoms with van der Waals surface area (Å²) in [6, 6.07) is 0. The smallest absolute Gasteiger partial charge is 0.115 e. The van der Waals surface area contributed by atoms with Crippen LogP contribution in [-0.4, -0.2) is 40.9 Å². The first-order chi connectivity index (χ1) is 5.39. The van der Waals surface area contributed by atoms with Gasteiger partial charge in [0.1, 0.15) is 6.17 Å². The maximum Gasteiger partial charge on any atom is 0.115 e. The zero-order chi connectivity index (χ0) is 9.35. The van der Waals surface area contributed by atoms with Crippen molar-refractivity contribution in [1.29, 1.82) is 0 Å². The highest BCUT2D eigenvalue weighted by Crippen LogP contribution is 2.21. The molecule has 2 atom stereocenters. The van der Waals surface area contributed by atoms with E-state index in [0.717, 1.165) is 0 Å². The van der Waals surface area contributed by atoms with Crippen LogP contribution in [0.4, 0.5) is 4.39 Å². The molecule has 0 unspecified atom stereocenters. The molecule has 0 aromatic rings. The fourth-order valence-corrected chi connectivity index (χ4v) is 1.56. The summed E-state index contributed by atoms with van der Waals surface area (Å²) in [4.78, 5) is 1.99. The summed E-state index contributed by atoms with van der Waals surface area (Å²) >= 11 is 0. The molecule has 72 valence electrons. The van der Waals surface area contributed by atoms with Crippen LogP contribution >= 0.6 is 0 Å². The number of nitrogens with zero attached hydrogens (tertiary/aromatic N) is 1. The molecule has 1 saturated heterocycles. The second-order valence-corrected chi connectivity index (χ2v) is 4.56. The van der Waals surface area contributed by atoms with E-state index < -0.39 is 12.3 Å². The molecular weight excluding hydrogens is 157 g/mol. The fraction of sp³-hybridized carbons (Fsp3) is 1.00. The molecule has 0 bridgehead atoms. The van der Waals surface area contributed by atoms with E-state index in [1.165, 1.54) is 0 Å². The van der Waals surface area contributed by atoms with Crippen molar-refractivity contribution >= 4 is 0 Å². The van der Waals surface area contributed by atoms with E-state index in [4.69, 9.17) is 0 Å². The Bertz CT molecular complexity index is 145. The topological polar surface area (TPSA) is 23.5 Å². The molecule has 1 N–H and O–H groups in total. The number of aliphatic hydroxyl groups excluding tert-OH is 1. The number of alkyl halides is 1. The van der Waals surface area contributed by atoms with Gasteiger partial charge in [0.05, 0.1) is 6.10 Å². The molecular formula is C9H18FNO. The van der Waals surface area contributed by atoms with Crippen LogP contribution in [-0.2, 0) is 0 Å². The minimum absolute atomic E-state index is 0.0360. The molecule has 2 nitrogen and oxygen atoms in total. The van der Waals surface area contributed by atoms with E-state index in [1.807, 2.05) is 25.7 Å². The summed E-state index contributed by atoms with van der Waals surface area (Å²) in [5.74, 6) is 0. The summed E-state index contributed by atoms with van der Waals surface area (Å²) in [5, 5.41) is 9.33. The third-order valence-electron chi connectivity index (χ3n) is 2.33. The van der Waals surface area contributed by atoms with Crippen molar-refractivity contribution in [3.63, 3.8) is 0 Å². The third kappa shape index (κ3) is 2.42. The van der Waals surface area contributed by atoms with Crippen molar-refractivity contribution in [2.45, 2.75) is 45.0 Å². The Morgan fingerprint density at radius 2 is 1.92 bits per heavy atom. The maximum atomic E-state index is 13.0. The van der Waals surface area contributed by atoms with Gasteiger partial charge in [0.25, 0.3) is 0 Å². The largest absolute Gasteiger partial charge is 0.392 e. The highest BCUT2D eigenvalue weighted by Gasteiger charge is 2.31. The standard InChI is InChI=1S/C9H18FNO/c1-9(2,3)11-5-7(10)4-8(12)6-11/h7-8,12H,4-6H2,1-3H3/t7-,8+/m1/s1. The molecule has 0 radical (unpaired) electrons. The predicted molar refractivity (Wildman–Crippen MR) is 46.8 cm³/mol. The number of β-amino-alcohol motifs (C(OH)–C–C–N with tert-alkyl or cyclic N) is 1. The zero-order valence-electron chi connectivity index (χ0n) is 8.05. The van der Waals surface area contributed by atoms with Crippen LogP contribution < -0.4 is 0 Å². The van der Waals surface area contributed by atoms with Crippen LogP contribution in [0, 0.1) is 0 Å². The lowest BCUT2D eigenvalue weighted by Crippen LogP contribution is -2.52. The first kappa shape index (κ1) is 9.93. The fourth-order valence-electron chi connectivity index (χ4n) is 1.56. The van der Waals surface area contributed by atoms with Gasteiger partial charge in [-0.3, -0.25) is 4.90 Å². The molecule has 3 heteroatoms. The van der Waals surface area contributed by atoms with Gasteiger partial charge in [-0.25, -0.2) is 4.39 Å². The molecule has 1 heterocycles. The first-order valence-corrected chi connectivity index (χ1v) is 4.47. The zero-order valence-corrected chi connectivity index (χ0v) is 8.05. The summed E-state index contributed by atoms with van der Waals surface area (Å²) < 4.78 is 13.0. The maximum absolute atomic E-state index is 13.0. The second kappa shape index (κ2) is 3.30. The molecule has 0 aromatic carbocycles. The van der Waals surface area contributed by atoms with Gasteiger partial charge in [0.2, 0.25) is 0 Å². The highest BCUT2D eigenvalue weighted by molar-refractivity contribution is 4.86. The van der Waals surface area contributed by atoms with E-state index in [0.29, 0.717) is 19.5 Å². The normalized spacial score (nSPS) is 33.8. The molecule has 0 saturated carbocycles. The quantitative estimate of drug-likeness (QED) is 0.598. The van der Waals surface area contributed by atoms with Gasteiger partial charge in [-0.05, 0) is 20.8 Å². The average molecular weight is 175 g/mol. The summed E-state index contributed by atoms with van der Waals surface area (Å²) in [6.45, 7) is 7.18. The number of rotatable bonds is 0. The number of aliphatic hydroxyl groups is 1. The summed E-state index contributed by atoms with van der Waals surface area (Å²) in [7, 11) is 0. The van der Waals surface area contributed by atoms with Crippen molar-refractivity contribution in [1.82, 2.24) is 4.90 Å². The average Bonchev–Trinajstić information content (AvgIpc) is 1.82. The van der Waals surface area contributed by atoms with Gasteiger partial charge < -0.3 is 5.11 Å². The molecule has 12 heavy (non-hydrogen) atoms. The number of halogens is 1. The molecule has 0 aromatic heterocycles. The van der Waals surface area contributed by atoms with E-state index in [9.17, 15) is 9.50 Å². The minimum Gasteiger partial charge on any atom is -0.392 e. The summed E-state index contributed by atoms with van der Waals surface area (Å²) in [5.41, 5.74) is -0.0360. The van der Waals surface area contributed by atoms with Gasteiger partial charge in [0.15, 0.2) is 0 Å². The number of hydrogen-bond acceptors (Lipinski definition) is 2. The Morgan fingerprint density at radius 3 is 2.33 bits per heavy atom. The van der Waals surface area contributed by atoms with Gasteiger partial charge in [-0.1, -0.05) is 0 Å². The van der Waals surface area contributed by atoms with Crippen LogP contribution in [0.1, 0.15) is 27.2 Å². The van der Waals surface area contributed by atoms with Crippen LogP contribution in [0.2, 0.25) is 0 Å². The Hall–Kier alpha value is -0.150. The van der Waals surface area contributed by atoms with Crippen molar-refractivity contribution in [3.05, 3.63) is 0 Å². The molecule has 0 amide bonds. The number of likely N-dealkylation sites (tertiary alicyclic amines) is 1. The number of hydrogen-bond donors (Lipinski definition) is 1. The van der Waals surface area contributed by atoms with Gasteiger partial charge in [-0.15, -0.1) is 0 Å². The van der Waals surface area contributed by atoms with Crippen LogP contribution in [0.15, 0.2) is 0 Å². The van der Waals surface area contributed by atoms with Crippen molar-refractivity contribution < 1.29 is 9.50 Å².